The normalized spacial score (nSPS) is 17.7. The van der Waals surface area contributed by atoms with Gasteiger partial charge >= 0.3 is 0 Å². The van der Waals surface area contributed by atoms with E-state index < -0.39 is 0 Å². The van der Waals surface area contributed by atoms with E-state index in [-0.39, 0.29) is 25.4 Å². The maximum absolute atomic E-state index is 9.93. The molecule has 2 bridgehead atoms. The predicted octanol–water partition coefficient (Wildman–Crippen LogP) is 2.47. The minimum absolute atomic E-state index is 0.0952. The molecule has 4 aromatic heterocycles. The molecule has 2 atom stereocenters. The molecule has 5 rings (SSSR count). The molecule has 1 N–H and O–H groups in total. The van der Waals surface area contributed by atoms with E-state index in [1.165, 1.54) is 0 Å². The molecule has 1 aliphatic rings. The van der Waals surface area contributed by atoms with Crippen LogP contribution in [0.3, 0.4) is 0 Å². The van der Waals surface area contributed by atoms with Gasteiger partial charge in [0.05, 0.1) is 58.8 Å². The topological polar surface area (TPSA) is 132 Å². The molecular formula is C26H31N9O3. The fraction of sp³-hybridized carbons (Fsp3) is 0.423. The second-order valence-corrected chi connectivity index (χ2v) is 9.62. The first-order valence-corrected chi connectivity index (χ1v) is 12.4. The summed E-state index contributed by atoms with van der Waals surface area (Å²) in [4.78, 5) is 11.4. The highest BCUT2D eigenvalue weighted by atomic mass is 16.5. The van der Waals surface area contributed by atoms with Crippen LogP contribution in [0.5, 0.6) is 11.8 Å². The van der Waals surface area contributed by atoms with E-state index in [0.29, 0.717) is 30.7 Å². The van der Waals surface area contributed by atoms with E-state index in [2.05, 4.69) is 25.1 Å². The van der Waals surface area contributed by atoms with E-state index in [0.717, 1.165) is 33.7 Å². The van der Waals surface area contributed by atoms with Crippen LogP contribution in [0.2, 0.25) is 0 Å². The third-order valence-electron chi connectivity index (χ3n) is 6.54. The molecule has 0 amide bonds. The van der Waals surface area contributed by atoms with Crippen molar-refractivity contribution in [3.8, 4) is 29.1 Å². The number of imidazole rings is 1. The molecule has 0 unspecified atom stereocenters. The van der Waals surface area contributed by atoms with Gasteiger partial charge in [-0.15, -0.1) is 5.10 Å². The summed E-state index contributed by atoms with van der Waals surface area (Å²) in [5.74, 6) is 1.66. The van der Waals surface area contributed by atoms with Crippen molar-refractivity contribution in [2.24, 2.45) is 7.05 Å². The van der Waals surface area contributed by atoms with Gasteiger partial charge in [0.25, 0.3) is 0 Å². The molecule has 4 aromatic rings. The first-order chi connectivity index (χ1) is 18.3. The number of rotatable bonds is 4. The van der Waals surface area contributed by atoms with E-state index in [1.807, 2.05) is 63.7 Å². The highest BCUT2D eigenvalue weighted by Gasteiger charge is 2.25. The number of ether oxygens (including phenoxy) is 2. The van der Waals surface area contributed by atoms with Gasteiger partial charge in [0.1, 0.15) is 18.0 Å². The molecule has 198 valence electrons. The summed E-state index contributed by atoms with van der Waals surface area (Å²) in [6.07, 6.45) is 9.08. The maximum Gasteiger partial charge on any atom is 0.241 e. The van der Waals surface area contributed by atoms with Crippen LogP contribution in [0.15, 0.2) is 18.6 Å². The predicted molar refractivity (Wildman–Crippen MR) is 140 cm³/mol. The third kappa shape index (κ3) is 4.62. The van der Waals surface area contributed by atoms with Gasteiger partial charge in [-0.25, -0.2) is 9.67 Å². The minimum atomic E-state index is -0.290. The van der Waals surface area contributed by atoms with Crippen molar-refractivity contribution < 1.29 is 14.6 Å². The zero-order chi connectivity index (χ0) is 27.0. The van der Waals surface area contributed by atoms with Crippen molar-refractivity contribution in [2.45, 2.75) is 39.5 Å². The second-order valence-electron chi connectivity index (χ2n) is 9.62. The average molecular weight is 518 g/mol. The molecule has 1 aliphatic heterocycles. The zero-order valence-corrected chi connectivity index (χ0v) is 22.2. The van der Waals surface area contributed by atoms with Crippen LogP contribution in [-0.4, -0.2) is 76.8 Å². The van der Waals surface area contributed by atoms with E-state index in [4.69, 9.17) is 14.7 Å². The smallest absolute Gasteiger partial charge is 0.241 e. The van der Waals surface area contributed by atoms with Crippen LogP contribution in [0.25, 0.3) is 28.9 Å². The number of fused-ring (bicyclic) bond motifs is 4. The van der Waals surface area contributed by atoms with Gasteiger partial charge in [-0.05, 0) is 40.0 Å². The number of hydrogen-bond donors (Lipinski definition) is 1. The van der Waals surface area contributed by atoms with E-state index >= 15 is 0 Å². The summed E-state index contributed by atoms with van der Waals surface area (Å²) < 4.78 is 17.6. The van der Waals surface area contributed by atoms with Gasteiger partial charge in [0.15, 0.2) is 6.61 Å². The van der Waals surface area contributed by atoms with Crippen molar-refractivity contribution in [3.05, 3.63) is 41.4 Å². The Hall–Kier alpha value is -4.21. The molecule has 0 saturated carbocycles. The standard InChI is InChI=1S/C26H31N9O3/c1-16(15-36)35-22-14-32(4)12-17(2)38-26-24(18(3)30-33(26)5)21-13-34-19(10-28-21)11-29-23(34)7-6-20(22)25(31-35)37-9-8-27/h6-7,10-11,13,16-17,36H,9,12,14-15H2,1-5H3/b7-6+/t16-,17-/m0/s1. The van der Waals surface area contributed by atoms with E-state index in [9.17, 15) is 5.11 Å². The molecule has 0 saturated heterocycles. The third-order valence-corrected chi connectivity index (χ3v) is 6.54. The SMILES string of the molecule is Cc1nn(C)c2c1-c1cn3c(ncc3cn1)/C=C/c1c(OCC#N)nn([C@@H](C)CO)c1CN(C)C[C@H](C)O2. The molecule has 0 aliphatic carbocycles. The summed E-state index contributed by atoms with van der Waals surface area (Å²) in [5, 5.41) is 28.3. The van der Waals surface area contributed by atoms with Crippen LogP contribution < -0.4 is 9.47 Å². The number of nitriles is 1. The Kier molecular flexibility index (Phi) is 6.88. The first kappa shape index (κ1) is 25.4. The molecular weight excluding hydrogens is 486 g/mol. The van der Waals surface area contributed by atoms with Crippen LogP contribution in [0, 0.1) is 18.3 Å². The lowest BCUT2D eigenvalue weighted by molar-refractivity contribution is 0.145. The Morgan fingerprint density at radius 1 is 1.24 bits per heavy atom. The fourth-order valence-corrected chi connectivity index (χ4v) is 4.81. The number of aromatic nitrogens is 7. The molecule has 5 heterocycles. The maximum atomic E-state index is 9.93. The molecule has 0 fully saturated rings. The Balaban J connectivity index is 1.71. The molecule has 0 aromatic carbocycles. The Morgan fingerprint density at radius 3 is 2.79 bits per heavy atom. The van der Waals surface area contributed by atoms with Gasteiger partial charge in [0.2, 0.25) is 11.8 Å². The number of hydrogen-bond acceptors (Lipinski definition) is 9. The van der Waals surface area contributed by atoms with Gasteiger partial charge in [-0.1, -0.05) is 0 Å². The van der Waals surface area contributed by atoms with Crippen molar-refractivity contribution in [3.63, 3.8) is 0 Å². The lowest BCUT2D eigenvalue weighted by atomic mass is 10.2. The van der Waals surface area contributed by atoms with Gasteiger partial charge in [-0.2, -0.15) is 10.4 Å². The summed E-state index contributed by atoms with van der Waals surface area (Å²) >= 11 is 0. The second kappa shape index (κ2) is 10.3. The number of nitrogens with zero attached hydrogens (tertiary/aromatic N) is 9. The Labute approximate surface area is 220 Å². The molecule has 0 radical (unpaired) electrons. The summed E-state index contributed by atoms with van der Waals surface area (Å²) in [7, 11) is 3.87. The molecule has 38 heavy (non-hydrogen) atoms. The molecule has 0 spiro atoms. The first-order valence-electron chi connectivity index (χ1n) is 12.4. The van der Waals surface area contributed by atoms with Crippen LogP contribution in [-0.2, 0) is 13.6 Å². The van der Waals surface area contributed by atoms with Crippen LogP contribution >= 0.6 is 0 Å². The summed E-state index contributed by atoms with van der Waals surface area (Å²) in [6, 6.07) is 1.72. The van der Waals surface area contributed by atoms with Crippen molar-refractivity contribution in [2.75, 3.05) is 26.8 Å². The largest absolute Gasteiger partial charge is 0.473 e. The highest BCUT2D eigenvalue weighted by molar-refractivity contribution is 5.73. The Bertz CT molecular complexity index is 1540. The van der Waals surface area contributed by atoms with Crippen molar-refractivity contribution in [1.82, 2.24) is 38.8 Å². The number of aryl methyl sites for hydroxylation is 2. The number of aliphatic hydroxyl groups is 1. The van der Waals surface area contributed by atoms with Crippen LogP contribution in [0.1, 0.15) is 42.7 Å². The zero-order valence-electron chi connectivity index (χ0n) is 22.2. The van der Waals surface area contributed by atoms with E-state index in [1.54, 1.807) is 21.8 Å². The van der Waals surface area contributed by atoms with Crippen molar-refractivity contribution >= 4 is 17.7 Å². The molecule has 12 heteroatoms. The number of likely N-dealkylation sites (N-methyl/N-ethyl adjacent to an activating group) is 1. The van der Waals surface area contributed by atoms with Gasteiger partial charge in [0, 0.05) is 26.3 Å². The van der Waals surface area contributed by atoms with Crippen LogP contribution in [0.4, 0.5) is 0 Å². The quantitative estimate of drug-likeness (QED) is 0.434. The van der Waals surface area contributed by atoms with Gasteiger partial charge in [-0.3, -0.25) is 19.0 Å². The lowest BCUT2D eigenvalue weighted by Crippen LogP contribution is -2.32. The van der Waals surface area contributed by atoms with Gasteiger partial charge < -0.3 is 14.6 Å². The fourth-order valence-electron chi connectivity index (χ4n) is 4.81. The average Bonchev–Trinajstić information content (AvgIpc) is 3.53. The minimum Gasteiger partial charge on any atom is -0.473 e. The van der Waals surface area contributed by atoms with Crippen molar-refractivity contribution in [1.29, 1.82) is 5.26 Å². The number of aliphatic hydroxyl groups excluding tert-OH is 1. The highest BCUT2D eigenvalue weighted by Crippen LogP contribution is 2.33. The summed E-state index contributed by atoms with van der Waals surface area (Å²) in [5.41, 5.74) is 4.79. The monoisotopic (exact) mass is 517 g/mol. The Morgan fingerprint density at radius 2 is 2.03 bits per heavy atom. The summed E-state index contributed by atoms with van der Waals surface area (Å²) in [6.45, 7) is 6.72. The molecule has 12 nitrogen and oxygen atoms in total. The lowest BCUT2D eigenvalue weighted by Gasteiger charge is -2.24.